The summed E-state index contributed by atoms with van der Waals surface area (Å²) in [6, 6.07) is 2.72. The van der Waals surface area contributed by atoms with E-state index < -0.39 is 38.5 Å². The number of sulfone groups is 1. The predicted octanol–water partition coefficient (Wildman–Crippen LogP) is 1.80. The van der Waals surface area contributed by atoms with Gasteiger partial charge in [0.1, 0.15) is 10.7 Å². The van der Waals surface area contributed by atoms with Gasteiger partial charge in [-0.1, -0.05) is 6.92 Å². The molecule has 2 unspecified atom stereocenters. The Morgan fingerprint density at radius 3 is 2.58 bits per heavy atom. The van der Waals surface area contributed by atoms with Crippen LogP contribution in [0.2, 0.25) is 0 Å². The smallest absolute Gasteiger partial charge is 0.321 e. The van der Waals surface area contributed by atoms with Gasteiger partial charge in [0.25, 0.3) is 0 Å². The molecule has 2 amide bonds. The summed E-state index contributed by atoms with van der Waals surface area (Å²) in [5.41, 5.74) is 0.131. The summed E-state index contributed by atoms with van der Waals surface area (Å²) < 4.78 is 36.6. The van der Waals surface area contributed by atoms with Gasteiger partial charge in [-0.05, 0) is 30.5 Å². The Morgan fingerprint density at radius 1 is 1.33 bits per heavy atom. The fourth-order valence-electron chi connectivity index (χ4n) is 2.76. The van der Waals surface area contributed by atoms with Crippen molar-refractivity contribution in [1.82, 2.24) is 4.90 Å². The standard InChI is InChI=1S/C15H19FN2O5S/c1-9-5-10(14(19)20)8-18(7-9)15(21)17-11-3-4-12(16)13(6-11)24(2,22)23/h3-4,6,9-10H,5,7-8H2,1-2H3,(H,17,21)(H,19,20). The van der Waals surface area contributed by atoms with Gasteiger partial charge in [-0.15, -0.1) is 0 Å². The number of halogens is 1. The highest BCUT2D eigenvalue weighted by molar-refractivity contribution is 7.90. The molecule has 0 bridgehead atoms. The van der Waals surface area contributed by atoms with Crippen LogP contribution < -0.4 is 5.32 Å². The molecule has 0 aromatic heterocycles. The van der Waals surface area contributed by atoms with Gasteiger partial charge in [0.05, 0.1) is 5.92 Å². The number of anilines is 1. The number of aliphatic carboxylic acids is 1. The summed E-state index contributed by atoms with van der Waals surface area (Å²) in [6.45, 7) is 2.33. The van der Waals surface area contributed by atoms with E-state index in [2.05, 4.69) is 5.32 Å². The van der Waals surface area contributed by atoms with Gasteiger partial charge in [0, 0.05) is 25.0 Å². The molecule has 1 aliphatic rings. The van der Waals surface area contributed by atoms with Gasteiger partial charge in [-0.2, -0.15) is 0 Å². The molecule has 0 aliphatic carbocycles. The number of piperidine rings is 1. The first-order chi connectivity index (χ1) is 11.1. The number of carbonyl (C=O) groups is 2. The van der Waals surface area contributed by atoms with E-state index in [0.29, 0.717) is 13.0 Å². The Kier molecular flexibility index (Phi) is 5.12. The van der Waals surface area contributed by atoms with Gasteiger partial charge in [-0.3, -0.25) is 4.79 Å². The average Bonchev–Trinajstić information content (AvgIpc) is 2.47. The number of rotatable bonds is 3. The molecule has 9 heteroatoms. The van der Waals surface area contributed by atoms with E-state index in [9.17, 15) is 22.4 Å². The van der Waals surface area contributed by atoms with Crippen molar-refractivity contribution in [2.75, 3.05) is 24.7 Å². The number of carboxylic acids is 1. The lowest BCUT2D eigenvalue weighted by Crippen LogP contribution is -2.47. The zero-order chi connectivity index (χ0) is 18.1. The minimum absolute atomic E-state index is 0.0328. The Labute approximate surface area is 139 Å². The molecule has 7 nitrogen and oxygen atoms in total. The third-order valence-corrected chi connectivity index (χ3v) is 4.99. The Morgan fingerprint density at radius 2 is 2.00 bits per heavy atom. The highest BCUT2D eigenvalue weighted by Crippen LogP contribution is 2.24. The zero-order valence-electron chi connectivity index (χ0n) is 13.3. The van der Waals surface area contributed by atoms with Crippen molar-refractivity contribution in [2.24, 2.45) is 11.8 Å². The molecule has 2 N–H and O–H groups in total. The van der Waals surface area contributed by atoms with E-state index >= 15 is 0 Å². The van der Waals surface area contributed by atoms with Crippen LogP contribution in [0.4, 0.5) is 14.9 Å². The topological polar surface area (TPSA) is 104 Å². The first-order valence-corrected chi connectivity index (χ1v) is 9.25. The van der Waals surface area contributed by atoms with Crippen LogP contribution in [0.25, 0.3) is 0 Å². The highest BCUT2D eigenvalue weighted by atomic mass is 32.2. The molecule has 1 aliphatic heterocycles. The maximum atomic E-state index is 13.6. The monoisotopic (exact) mass is 358 g/mol. The molecule has 0 radical (unpaired) electrons. The summed E-state index contributed by atoms with van der Waals surface area (Å²) in [4.78, 5) is 24.3. The zero-order valence-corrected chi connectivity index (χ0v) is 14.1. The van der Waals surface area contributed by atoms with Gasteiger partial charge < -0.3 is 15.3 Å². The minimum atomic E-state index is -3.76. The first kappa shape index (κ1) is 18.2. The Balaban J connectivity index is 2.16. The number of nitrogens with zero attached hydrogens (tertiary/aromatic N) is 1. The largest absolute Gasteiger partial charge is 0.481 e. The van der Waals surface area contributed by atoms with Crippen LogP contribution in [0.15, 0.2) is 23.1 Å². The minimum Gasteiger partial charge on any atom is -0.481 e. The molecule has 1 aromatic carbocycles. The van der Waals surface area contributed by atoms with Crippen LogP contribution in [0.1, 0.15) is 13.3 Å². The molecule has 1 aromatic rings. The van der Waals surface area contributed by atoms with E-state index in [-0.39, 0.29) is 18.2 Å². The lowest BCUT2D eigenvalue weighted by molar-refractivity contribution is -0.143. The van der Waals surface area contributed by atoms with Crippen molar-refractivity contribution in [3.63, 3.8) is 0 Å². The van der Waals surface area contributed by atoms with Gasteiger partial charge in [-0.25, -0.2) is 17.6 Å². The summed E-state index contributed by atoms with van der Waals surface area (Å²) in [5.74, 6) is -2.46. The molecular weight excluding hydrogens is 339 g/mol. The van der Waals surface area contributed by atoms with Crippen molar-refractivity contribution < 1.29 is 27.5 Å². The number of hydrogen-bond donors (Lipinski definition) is 2. The van der Waals surface area contributed by atoms with Gasteiger partial charge in [0.2, 0.25) is 0 Å². The maximum Gasteiger partial charge on any atom is 0.321 e. The number of nitrogens with one attached hydrogen (secondary N) is 1. The second-order valence-corrected chi connectivity index (χ2v) is 8.11. The SMILES string of the molecule is CC1CC(C(=O)O)CN(C(=O)Nc2ccc(F)c(S(C)(=O)=O)c2)C1. The number of urea groups is 1. The van der Waals surface area contributed by atoms with E-state index in [4.69, 9.17) is 5.11 Å². The summed E-state index contributed by atoms with van der Waals surface area (Å²) >= 11 is 0. The normalized spacial score (nSPS) is 21.4. The van der Waals surface area contributed by atoms with Crippen molar-refractivity contribution in [3.8, 4) is 0 Å². The third kappa shape index (κ3) is 4.22. The number of amides is 2. The van der Waals surface area contributed by atoms with Crippen molar-refractivity contribution >= 4 is 27.5 Å². The van der Waals surface area contributed by atoms with E-state index in [1.165, 1.54) is 11.0 Å². The number of hydrogen-bond acceptors (Lipinski definition) is 4. The Hall–Kier alpha value is -2.16. The summed E-state index contributed by atoms with van der Waals surface area (Å²) in [6.07, 6.45) is 1.37. The molecule has 0 spiro atoms. The Bertz CT molecular complexity index is 765. The predicted molar refractivity (Wildman–Crippen MR) is 85.0 cm³/mol. The first-order valence-electron chi connectivity index (χ1n) is 7.36. The number of carbonyl (C=O) groups excluding carboxylic acids is 1. The van der Waals surface area contributed by atoms with Crippen LogP contribution in [0.5, 0.6) is 0 Å². The van der Waals surface area contributed by atoms with Gasteiger partial charge >= 0.3 is 12.0 Å². The molecule has 132 valence electrons. The number of likely N-dealkylation sites (tertiary alicyclic amines) is 1. The maximum absolute atomic E-state index is 13.6. The fraction of sp³-hybridized carbons (Fsp3) is 0.467. The van der Waals surface area contributed by atoms with Crippen molar-refractivity contribution in [2.45, 2.75) is 18.2 Å². The van der Waals surface area contributed by atoms with Crippen LogP contribution >= 0.6 is 0 Å². The number of benzene rings is 1. The molecule has 1 saturated heterocycles. The summed E-state index contributed by atoms with van der Waals surface area (Å²) in [5, 5.41) is 11.6. The molecular formula is C15H19FN2O5S. The average molecular weight is 358 g/mol. The van der Waals surface area contributed by atoms with Crippen LogP contribution in [0, 0.1) is 17.7 Å². The molecule has 24 heavy (non-hydrogen) atoms. The third-order valence-electron chi connectivity index (χ3n) is 3.88. The lowest BCUT2D eigenvalue weighted by atomic mass is 9.91. The van der Waals surface area contributed by atoms with Crippen molar-refractivity contribution in [1.29, 1.82) is 0 Å². The fourth-order valence-corrected chi connectivity index (χ4v) is 3.53. The van der Waals surface area contributed by atoms with Crippen LogP contribution in [-0.2, 0) is 14.6 Å². The van der Waals surface area contributed by atoms with Crippen LogP contribution in [0.3, 0.4) is 0 Å². The molecule has 2 rings (SSSR count). The second kappa shape index (κ2) is 6.76. The van der Waals surface area contributed by atoms with Crippen molar-refractivity contribution in [3.05, 3.63) is 24.0 Å². The van der Waals surface area contributed by atoms with E-state index in [1.54, 1.807) is 0 Å². The quantitative estimate of drug-likeness (QED) is 0.857. The molecule has 1 heterocycles. The van der Waals surface area contributed by atoms with Gasteiger partial charge in [0.15, 0.2) is 9.84 Å². The summed E-state index contributed by atoms with van der Waals surface area (Å²) in [7, 11) is -3.76. The molecule has 0 saturated carbocycles. The second-order valence-electron chi connectivity index (χ2n) is 6.13. The molecule has 1 fully saturated rings. The van der Waals surface area contributed by atoms with E-state index in [1.807, 2.05) is 6.92 Å². The van der Waals surface area contributed by atoms with E-state index in [0.717, 1.165) is 18.4 Å². The lowest BCUT2D eigenvalue weighted by Gasteiger charge is -2.34. The highest BCUT2D eigenvalue weighted by Gasteiger charge is 2.32. The number of carboxylic acid groups (broad SMARTS) is 1. The molecule has 2 atom stereocenters. The van der Waals surface area contributed by atoms with Crippen LogP contribution in [-0.4, -0.2) is 49.8 Å².